The van der Waals surface area contributed by atoms with Crippen LogP contribution in [0.4, 0.5) is 0 Å². The lowest BCUT2D eigenvalue weighted by atomic mass is 9.97. The lowest BCUT2D eigenvalue weighted by Crippen LogP contribution is -2.26. The molecule has 0 saturated heterocycles. The zero-order chi connectivity index (χ0) is 10.6. The van der Waals surface area contributed by atoms with Crippen LogP contribution in [0.25, 0.3) is 0 Å². The van der Waals surface area contributed by atoms with E-state index in [1.807, 2.05) is 13.8 Å². The average molecular weight is 179 g/mol. The van der Waals surface area contributed by atoms with Gasteiger partial charge in [0.15, 0.2) is 0 Å². The number of rotatable bonds is 4. The topological polar surface area (TPSA) is 12.0 Å². The number of nitrogens with one attached hydrogen (secondary N) is 1. The van der Waals surface area contributed by atoms with E-state index in [1.54, 1.807) is 0 Å². The first-order chi connectivity index (χ1) is 5.86. The Labute approximate surface area is 82.2 Å². The summed E-state index contributed by atoms with van der Waals surface area (Å²) in [7, 11) is 0. The summed E-state index contributed by atoms with van der Waals surface area (Å²) in [6.45, 7) is 18.2. The van der Waals surface area contributed by atoms with Gasteiger partial charge in [0, 0.05) is 11.7 Å². The molecule has 0 aliphatic carbocycles. The van der Waals surface area contributed by atoms with E-state index in [0.29, 0.717) is 6.04 Å². The Bertz CT molecular complexity index is 242. The van der Waals surface area contributed by atoms with E-state index in [1.165, 1.54) is 11.1 Å². The van der Waals surface area contributed by atoms with Crippen molar-refractivity contribution in [2.24, 2.45) is 0 Å². The standard InChI is InChI=1S/C12H21N/c1-8(2)12(9(3)4)11(7)13-10(5)6/h11,13H,1,5H2,2-4,6-7H3. The average Bonchev–Trinajstić information content (AvgIpc) is 1.81. The Morgan fingerprint density at radius 3 is 1.77 bits per heavy atom. The highest BCUT2D eigenvalue weighted by Gasteiger charge is 2.09. The van der Waals surface area contributed by atoms with Gasteiger partial charge in [0.2, 0.25) is 0 Å². The summed E-state index contributed by atoms with van der Waals surface area (Å²) >= 11 is 0. The minimum Gasteiger partial charge on any atom is -0.383 e. The largest absolute Gasteiger partial charge is 0.383 e. The van der Waals surface area contributed by atoms with E-state index in [-0.39, 0.29) is 0 Å². The molecule has 0 aromatic carbocycles. The highest BCUT2D eigenvalue weighted by Crippen LogP contribution is 2.17. The summed E-state index contributed by atoms with van der Waals surface area (Å²) in [5, 5.41) is 3.29. The maximum Gasteiger partial charge on any atom is 0.0484 e. The summed E-state index contributed by atoms with van der Waals surface area (Å²) in [4.78, 5) is 0. The summed E-state index contributed by atoms with van der Waals surface area (Å²) in [6.07, 6.45) is 0. The second-order valence-corrected chi connectivity index (χ2v) is 3.84. The van der Waals surface area contributed by atoms with Crippen LogP contribution in [0.5, 0.6) is 0 Å². The van der Waals surface area contributed by atoms with Gasteiger partial charge < -0.3 is 5.32 Å². The van der Waals surface area contributed by atoms with Crippen molar-refractivity contribution >= 4 is 0 Å². The van der Waals surface area contributed by atoms with Crippen LogP contribution in [0, 0.1) is 0 Å². The molecule has 0 saturated carbocycles. The molecule has 0 aliphatic rings. The van der Waals surface area contributed by atoms with E-state index >= 15 is 0 Å². The first kappa shape index (κ1) is 12.0. The molecule has 1 unspecified atom stereocenters. The van der Waals surface area contributed by atoms with E-state index in [0.717, 1.165) is 11.3 Å². The Kier molecular flexibility index (Phi) is 4.53. The Hall–Kier alpha value is -0.980. The molecule has 0 bridgehead atoms. The van der Waals surface area contributed by atoms with Crippen molar-refractivity contribution in [1.82, 2.24) is 5.32 Å². The molecule has 13 heavy (non-hydrogen) atoms. The molecule has 1 nitrogen and oxygen atoms in total. The van der Waals surface area contributed by atoms with Gasteiger partial charge in [-0.2, -0.15) is 0 Å². The molecule has 0 fully saturated rings. The second-order valence-electron chi connectivity index (χ2n) is 3.84. The SMILES string of the molecule is C=C(C)NC(C)C(C(=C)C)=C(C)C. The van der Waals surface area contributed by atoms with Gasteiger partial charge in [-0.15, -0.1) is 0 Å². The fraction of sp³-hybridized carbons (Fsp3) is 0.500. The number of allylic oxidation sites excluding steroid dienone is 2. The molecule has 0 rings (SSSR count). The van der Waals surface area contributed by atoms with Gasteiger partial charge in [0.1, 0.15) is 0 Å². The van der Waals surface area contributed by atoms with Gasteiger partial charge in [-0.1, -0.05) is 24.3 Å². The normalized spacial score (nSPS) is 11.8. The lowest BCUT2D eigenvalue weighted by Gasteiger charge is -2.20. The van der Waals surface area contributed by atoms with Gasteiger partial charge in [-0.05, 0) is 40.2 Å². The predicted molar refractivity (Wildman–Crippen MR) is 60.6 cm³/mol. The van der Waals surface area contributed by atoms with E-state index < -0.39 is 0 Å². The maximum absolute atomic E-state index is 3.98. The third-order valence-electron chi connectivity index (χ3n) is 1.89. The number of hydrogen-bond acceptors (Lipinski definition) is 1. The zero-order valence-corrected chi connectivity index (χ0v) is 9.49. The van der Waals surface area contributed by atoms with Crippen molar-refractivity contribution in [3.05, 3.63) is 35.6 Å². The van der Waals surface area contributed by atoms with E-state index in [2.05, 4.69) is 39.2 Å². The molecule has 0 radical (unpaired) electrons. The van der Waals surface area contributed by atoms with E-state index in [4.69, 9.17) is 0 Å². The molecule has 0 heterocycles. The van der Waals surface area contributed by atoms with Crippen molar-refractivity contribution in [2.75, 3.05) is 0 Å². The molecule has 0 aromatic heterocycles. The molecule has 1 N–H and O–H groups in total. The van der Waals surface area contributed by atoms with Crippen LogP contribution in [-0.2, 0) is 0 Å². The molecular weight excluding hydrogens is 158 g/mol. The second kappa shape index (κ2) is 4.90. The summed E-state index contributed by atoms with van der Waals surface area (Å²) in [5.74, 6) is 0. The zero-order valence-electron chi connectivity index (χ0n) is 9.49. The quantitative estimate of drug-likeness (QED) is 0.652. The van der Waals surface area contributed by atoms with E-state index in [9.17, 15) is 0 Å². The van der Waals surface area contributed by atoms with Crippen LogP contribution < -0.4 is 5.32 Å². The van der Waals surface area contributed by atoms with Crippen LogP contribution >= 0.6 is 0 Å². The highest BCUT2D eigenvalue weighted by atomic mass is 14.9. The minimum absolute atomic E-state index is 0.306. The van der Waals surface area contributed by atoms with Gasteiger partial charge in [0.05, 0.1) is 0 Å². The van der Waals surface area contributed by atoms with Crippen LogP contribution in [0.15, 0.2) is 35.6 Å². The van der Waals surface area contributed by atoms with Crippen LogP contribution in [0.2, 0.25) is 0 Å². The highest BCUT2D eigenvalue weighted by molar-refractivity contribution is 5.34. The summed E-state index contributed by atoms with van der Waals surface area (Å²) < 4.78 is 0. The van der Waals surface area contributed by atoms with Crippen LogP contribution in [0.3, 0.4) is 0 Å². The van der Waals surface area contributed by atoms with Gasteiger partial charge in [-0.3, -0.25) is 0 Å². The van der Waals surface area contributed by atoms with Crippen molar-refractivity contribution < 1.29 is 0 Å². The van der Waals surface area contributed by atoms with Crippen molar-refractivity contribution in [2.45, 2.75) is 40.7 Å². The number of hydrogen-bond donors (Lipinski definition) is 1. The summed E-state index contributed by atoms with van der Waals surface area (Å²) in [6, 6.07) is 0.306. The maximum atomic E-state index is 3.98. The molecule has 0 spiro atoms. The lowest BCUT2D eigenvalue weighted by molar-refractivity contribution is 0.694. The Balaban J connectivity index is 4.69. The fourth-order valence-corrected chi connectivity index (χ4v) is 1.67. The Morgan fingerprint density at radius 2 is 1.54 bits per heavy atom. The molecule has 1 atom stereocenters. The minimum atomic E-state index is 0.306. The summed E-state index contributed by atoms with van der Waals surface area (Å²) in [5.41, 5.74) is 4.73. The van der Waals surface area contributed by atoms with Crippen molar-refractivity contribution in [3.63, 3.8) is 0 Å². The van der Waals surface area contributed by atoms with Crippen molar-refractivity contribution in [3.8, 4) is 0 Å². The Morgan fingerprint density at radius 1 is 1.08 bits per heavy atom. The smallest absolute Gasteiger partial charge is 0.0484 e. The van der Waals surface area contributed by atoms with Crippen LogP contribution in [0.1, 0.15) is 34.6 Å². The first-order valence-electron chi connectivity index (χ1n) is 4.61. The molecule has 0 aliphatic heterocycles. The molecule has 74 valence electrons. The van der Waals surface area contributed by atoms with Gasteiger partial charge in [-0.25, -0.2) is 0 Å². The van der Waals surface area contributed by atoms with Gasteiger partial charge >= 0.3 is 0 Å². The monoisotopic (exact) mass is 179 g/mol. The molecule has 0 amide bonds. The fourth-order valence-electron chi connectivity index (χ4n) is 1.67. The molecular formula is C12H21N. The van der Waals surface area contributed by atoms with Gasteiger partial charge in [0.25, 0.3) is 0 Å². The van der Waals surface area contributed by atoms with Crippen molar-refractivity contribution in [1.29, 1.82) is 0 Å². The van der Waals surface area contributed by atoms with Crippen LogP contribution in [-0.4, -0.2) is 6.04 Å². The molecule has 1 heteroatoms. The molecule has 0 aromatic rings. The third-order valence-corrected chi connectivity index (χ3v) is 1.89. The third kappa shape index (κ3) is 3.97. The first-order valence-corrected chi connectivity index (χ1v) is 4.61. The predicted octanol–water partition coefficient (Wildman–Crippen LogP) is 3.41.